The first-order valence-corrected chi connectivity index (χ1v) is 23.9. The van der Waals surface area contributed by atoms with Crippen molar-refractivity contribution in [2.75, 3.05) is 13.2 Å². The van der Waals surface area contributed by atoms with Crippen LogP contribution in [0.2, 0.25) is 0 Å². The quantitative estimate of drug-likeness (QED) is 0.0264. The number of ether oxygens (including phenoxy) is 3. The summed E-state index contributed by atoms with van der Waals surface area (Å²) in [5, 5.41) is 0. The zero-order valence-electron chi connectivity index (χ0n) is 37.8. The molecule has 0 fully saturated rings. The fourth-order valence-corrected chi connectivity index (χ4v) is 6.35. The molecule has 0 amide bonds. The van der Waals surface area contributed by atoms with Crippen molar-refractivity contribution in [3.63, 3.8) is 0 Å². The van der Waals surface area contributed by atoms with Gasteiger partial charge in [0.05, 0.1) is 0 Å². The lowest BCUT2D eigenvalue weighted by atomic mass is 10.1. The molecule has 0 saturated heterocycles. The maximum Gasteiger partial charge on any atom is 0.306 e. The van der Waals surface area contributed by atoms with E-state index in [9.17, 15) is 14.4 Å². The Kier molecular flexibility index (Phi) is 44.0. The third-order valence-electron chi connectivity index (χ3n) is 9.93. The maximum absolute atomic E-state index is 12.7. The molecule has 0 aromatic rings. The lowest BCUT2D eigenvalue weighted by molar-refractivity contribution is -0.167. The van der Waals surface area contributed by atoms with Crippen LogP contribution in [0, 0.1) is 0 Å². The molecule has 0 bridgehead atoms. The van der Waals surface area contributed by atoms with Crippen LogP contribution in [-0.4, -0.2) is 37.2 Å². The number of hydrogen-bond donors (Lipinski definition) is 0. The Morgan fingerprint density at radius 1 is 0.362 bits per heavy atom. The van der Waals surface area contributed by atoms with Crippen LogP contribution in [0.1, 0.15) is 220 Å². The second kappa shape index (κ2) is 46.5. The van der Waals surface area contributed by atoms with E-state index in [1.165, 1.54) is 51.4 Å². The Bertz CT molecular complexity index is 1110. The van der Waals surface area contributed by atoms with Crippen LogP contribution in [0.3, 0.4) is 0 Å². The van der Waals surface area contributed by atoms with Crippen LogP contribution in [0.4, 0.5) is 0 Å². The van der Waals surface area contributed by atoms with Crippen LogP contribution in [0.5, 0.6) is 0 Å². The number of rotatable bonds is 42. The molecular weight excluding hydrogens is 721 g/mol. The average molecular weight is 809 g/mol. The molecule has 0 heterocycles. The maximum atomic E-state index is 12.7. The predicted octanol–water partition coefficient (Wildman–Crippen LogP) is 15.5. The van der Waals surface area contributed by atoms with Gasteiger partial charge in [-0.25, -0.2) is 0 Å². The normalized spacial score (nSPS) is 12.7. The van der Waals surface area contributed by atoms with Crippen molar-refractivity contribution in [1.29, 1.82) is 0 Å². The number of carbonyl (C=O) groups is 3. The first-order valence-electron chi connectivity index (χ1n) is 23.9. The number of hydrogen-bond acceptors (Lipinski definition) is 6. The molecule has 0 saturated carbocycles. The minimum atomic E-state index is -0.789. The second-order valence-electron chi connectivity index (χ2n) is 15.6. The van der Waals surface area contributed by atoms with Crippen molar-refractivity contribution in [3.8, 4) is 0 Å². The standard InChI is InChI=1S/C52H88O6/c1-4-7-10-13-16-19-22-24-25-26-27-29-30-33-36-39-42-45-51(54)57-48-49(47-56-50(53)44-41-38-35-32-21-18-15-12-9-6-3)58-52(55)46-43-40-37-34-31-28-23-20-17-14-11-8-5-2/h7,10-11,14,16,19-20,23-25,27,29,49H,4-6,8-9,12-13,15,17-18,21-22,26,28,30-48H2,1-3H3/b10-7-,14-11-,19-16-,23-20-,25-24-,29-27-. The molecule has 1 unspecified atom stereocenters. The van der Waals surface area contributed by atoms with Gasteiger partial charge in [0.25, 0.3) is 0 Å². The van der Waals surface area contributed by atoms with Crippen LogP contribution in [-0.2, 0) is 28.6 Å². The largest absolute Gasteiger partial charge is 0.462 e. The Morgan fingerprint density at radius 3 is 1.12 bits per heavy atom. The van der Waals surface area contributed by atoms with E-state index in [0.29, 0.717) is 19.3 Å². The van der Waals surface area contributed by atoms with E-state index in [-0.39, 0.29) is 31.1 Å². The van der Waals surface area contributed by atoms with Gasteiger partial charge >= 0.3 is 17.9 Å². The van der Waals surface area contributed by atoms with Crippen LogP contribution < -0.4 is 0 Å². The van der Waals surface area contributed by atoms with E-state index in [0.717, 1.165) is 128 Å². The average Bonchev–Trinajstić information content (AvgIpc) is 3.22. The summed E-state index contributed by atoms with van der Waals surface area (Å²) in [6.45, 7) is 6.40. The first kappa shape index (κ1) is 54.9. The van der Waals surface area contributed by atoms with Crippen molar-refractivity contribution in [3.05, 3.63) is 72.9 Å². The van der Waals surface area contributed by atoms with E-state index in [2.05, 4.69) is 93.7 Å². The summed E-state index contributed by atoms with van der Waals surface area (Å²) in [6, 6.07) is 0. The number of esters is 3. The van der Waals surface area contributed by atoms with Crippen molar-refractivity contribution in [1.82, 2.24) is 0 Å². The SMILES string of the molecule is CC/C=C\C/C=C\C/C=C\C/C=C\CCCCCCC(=O)OCC(COC(=O)CCCCCCCCCCCC)OC(=O)CCCCCCC/C=C\C/C=C\CCC. The van der Waals surface area contributed by atoms with Crippen molar-refractivity contribution < 1.29 is 28.6 Å². The number of carbonyl (C=O) groups excluding carboxylic acids is 3. The highest BCUT2D eigenvalue weighted by Gasteiger charge is 2.19. The lowest BCUT2D eigenvalue weighted by Gasteiger charge is -2.18. The molecule has 0 aromatic carbocycles. The van der Waals surface area contributed by atoms with Crippen LogP contribution in [0.25, 0.3) is 0 Å². The summed E-state index contributed by atoms with van der Waals surface area (Å²) in [4.78, 5) is 37.8. The van der Waals surface area contributed by atoms with Gasteiger partial charge in [0.15, 0.2) is 6.10 Å². The van der Waals surface area contributed by atoms with Gasteiger partial charge in [-0.1, -0.05) is 190 Å². The lowest BCUT2D eigenvalue weighted by Crippen LogP contribution is -2.30. The van der Waals surface area contributed by atoms with Gasteiger partial charge in [0.1, 0.15) is 13.2 Å². The third-order valence-corrected chi connectivity index (χ3v) is 9.93. The molecule has 58 heavy (non-hydrogen) atoms. The van der Waals surface area contributed by atoms with E-state index in [4.69, 9.17) is 14.2 Å². The highest BCUT2D eigenvalue weighted by molar-refractivity contribution is 5.71. The molecule has 0 N–H and O–H groups in total. The summed E-state index contributed by atoms with van der Waals surface area (Å²) in [7, 11) is 0. The van der Waals surface area contributed by atoms with Crippen molar-refractivity contribution in [2.24, 2.45) is 0 Å². The molecular formula is C52H88O6. The summed E-state index contributed by atoms with van der Waals surface area (Å²) in [5.41, 5.74) is 0. The van der Waals surface area contributed by atoms with E-state index < -0.39 is 6.10 Å². The first-order chi connectivity index (χ1) is 28.5. The molecule has 0 aliphatic heterocycles. The van der Waals surface area contributed by atoms with Gasteiger partial charge in [-0.05, 0) is 83.5 Å². The molecule has 0 spiro atoms. The molecule has 0 radical (unpaired) electrons. The predicted molar refractivity (Wildman–Crippen MR) is 247 cm³/mol. The molecule has 1 atom stereocenters. The summed E-state index contributed by atoms with van der Waals surface area (Å²) < 4.78 is 16.7. The van der Waals surface area contributed by atoms with E-state index in [1.54, 1.807) is 0 Å². The molecule has 6 heteroatoms. The Morgan fingerprint density at radius 2 is 0.707 bits per heavy atom. The van der Waals surface area contributed by atoms with Gasteiger partial charge in [0.2, 0.25) is 0 Å². The second-order valence-corrected chi connectivity index (χ2v) is 15.6. The van der Waals surface area contributed by atoms with E-state index in [1.807, 2.05) is 0 Å². The van der Waals surface area contributed by atoms with Crippen molar-refractivity contribution >= 4 is 17.9 Å². The van der Waals surface area contributed by atoms with Gasteiger partial charge in [0, 0.05) is 19.3 Å². The highest BCUT2D eigenvalue weighted by atomic mass is 16.6. The Hall–Kier alpha value is -3.15. The molecule has 0 aromatic heterocycles. The summed E-state index contributed by atoms with van der Waals surface area (Å²) in [6.07, 6.45) is 57.4. The van der Waals surface area contributed by atoms with Gasteiger partial charge in [-0.3, -0.25) is 14.4 Å². The Balaban J connectivity index is 4.42. The zero-order chi connectivity index (χ0) is 42.3. The zero-order valence-corrected chi connectivity index (χ0v) is 37.8. The Labute approximate surface area is 357 Å². The highest BCUT2D eigenvalue weighted by Crippen LogP contribution is 2.14. The number of unbranched alkanes of at least 4 members (excludes halogenated alkanes) is 19. The molecule has 0 aliphatic carbocycles. The molecule has 332 valence electrons. The minimum Gasteiger partial charge on any atom is -0.462 e. The van der Waals surface area contributed by atoms with Gasteiger partial charge in [-0.15, -0.1) is 0 Å². The molecule has 0 rings (SSSR count). The van der Waals surface area contributed by atoms with Gasteiger partial charge < -0.3 is 14.2 Å². The topological polar surface area (TPSA) is 78.9 Å². The minimum absolute atomic E-state index is 0.0885. The fraction of sp³-hybridized carbons (Fsp3) is 0.712. The third kappa shape index (κ3) is 44.0. The monoisotopic (exact) mass is 809 g/mol. The summed E-state index contributed by atoms with van der Waals surface area (Å²) >= 11 is 0. The van der Waals surface area contributed by atoms with E-state index >= 15 is 0 Å². The van der Waals surface area contributed by atoms with Crippen molar-refractivity contribution in [2.45, 2.75) is 226 Å². The summed E-state index contributed by atoms with van der Waals surface area (Å²) in [5.74, 6) is -0.932. The van der Waals surface area contributed by atoms with Crippen LogP contribution in [0.15, 0.2) is 72.9 Å². The fourth-order valence-electron chi connectivity index (χ4n) is 6.35. The smallest absolute Gasteiger partial charge is 0.306 e. The molecule has 6 nitrogen and oxygen atoms in total. The molecule has 0 aliphatic rings. The number of allylic oxidation sites excluding steroid dienone is 12. The van der Waals surface area contributed by atoms with Gasteiger partial charge in [-0.2, -0.15) is 0 Å². The van der Waals surface area contributed by atoms with Crippen LogP contribution >= 0.6 is 0 Å².